The van der Waals surface area contributed by atoms with Crippen molar-refractivity contribution < 1.29 is 4.79 Å². The lowest BCUT2D eigenvalue weighted by atomic mass is 9.49. The molecule has 1 N–H and O–H groups in total. The fraction of sp³-hybridized carbons (Fsp3) is 0.667. The van der Waals surface area contributed by atoms with Crippen LogP contribution in [0.5, 0.6) is 0 Å². The minimum Gasteiger partial charge on any atom is -0.350 e. The SMILES string of the molecule is Cc1ccccc1C(C)NC(=O)CC12CC3CC(CC(C3)C1)C2. The zero-order chi connectivity index (χ0) is 16.0. The predicted molar refractivity (Wildman–Crippen MR) is 93.0 cm³/mol. The van der Waals surface area contributed by atoms with Crippen molar-refractivity contribution in [3.05, 3.63) is 35.4 Å². The molecule has 4 aliphatic carbocycles. The number of carbonyl (C=O) groups excluding carboxylic acids is 1. The molecule has 0 spiro atoms. The van der Waals surface area contributed by atoms with Gasteiger partial charge in [-0.3, -0.25) is 4.79 Å². The fourth-order valence-electron chi connectivity index (χ4n) is 6.29. The summed E-state index contributed by atoms with van der Waals surface area (Å²) in [6.45, 7) is 4.23. The number of amides is 1. The average molecular weight is 311 g/mol. The van der Waals surface area contributed by atoms with E-state index in [1.54, 1.807) is 0 Å². The van der Waals surface area contributed by atoms with E-state index in [1.807, 2.05) is 0 Å². The topological polar surface area (TPSA) is 29.1 Å². The maximum Gasteiger partial charge on any atom is 0.221 e. The molecule has 4 bridgehead atoms. The minimum atomic E-state index is 0.109. The Morgan fingerprint density at radius 2 is 1.70 bits per heavy atom. The number of aryl methyl sites for hydroxylation is 1. The third-order valence-corrected chi connectivity index (χ3v) is 6.73. The van der Waals surface area contributed by atoms with Gasteiger partial charge in [-0.25, -0.2) is 0 Å². The van der Waals surface area contributed by atoms with Crippen LogP contribution in [-0.2, 0) is 4.79 Å². The Kier molecular flexibility index (Phi) is 3.74. The summed E-state index contributed by atoms with van der Waals surface area (Å²) in [5.41, 5.74) is 2.84. The Balaban J connectivity index is 1.41. The van der Waals surface area contributed by atoms with Gasteiger partial charge >= 0.3 is 0 Å². The summed E-state index contributed by atoms with van der Waals surface area (Å²) in [4.78, 5) is 12.7. The Morgan fingerprint density at radius 1 is 1.13 bits per heavy atom. The summed E-state index contributed by atoms with van der Waals surface area (Å²) in [6.07, 6.45) is 9.02. The first-order valence-electron chi connectivity index (χ1n) is 9.38. The Morgan fingerprint density at radius 3 is 2.26 bits per heavy atom. The maximum atomic E-state index is 12.7. The number of hydrogen-bond donors (Lipinski definition) is 1. The highest BCUT2D eigenvalue weighted by molar-refractivity contribution is 5.77. The van der Waals surface area contributed by atoms with Crippen LogP contribution in [0.25, 0.3) is 0 Å². The van der Waals surface area contributed by atoms with Gasteiger partial charge in [-0.15, -0.1) is 0 Å². The normalized spacial score (nSPS) is 36.0. The van der Waals surface area contributed by atoms with E-state index in [9.17, 15) is 4.79 Å². The van der Waals surface area contributed by atoms with Crippen LogP contribution in [0, 0.1) is 30.1 Å². The van der Waals surface area contributed by atoms with Gasteiger partial charge < -0.3 is 5.32 Å². The lowest BCUT2D eigenvalue weighted by Gasteiger charge is -2.56. The number of benzene rings is 1. The third-order valence-electron chi connectivity index (χ3n) is 6.73. The molecule has 1 atom stereocenters. The number of hydrogen-bond acceptors (Lipinski definition) is 1. The molecule has 0 aromatic heterocycles. The molecule has 124 valence electrons. The van der Waals surface area contributed by atoms with Crippen LogP contribution < -0.4 is 5.32 Å². The molecule has 1 aromatic rings. The van der Waals surface area contributed by atoms with Crippen LogP contribution in [0.15, 0.2) is 24.3 Å². The number of rotatable bonds is 4. The van der Waals surface area contributed by atoms with Gasteiger partial charge in [0.15, 0.2) is 0 Å². The van der Waals surface area contributed by atoms with Crippen molar-refractivity contribution in [2.24, 2.45) is 23.2 Å². The molecular formula is C21H29NO. The van der Waals surface area contributed by atoms with Crippen LogP contribution in [0.4, 0.5) is 0 Å². The molecule has 0 radical (unpaired) electrons. The van der Waals surface area contributed by atoms with Crippen molar-refractivity contribution in [2.75, 3.05) is 0 Å². The first-order valence-corrected chi connectivity index (χ1v) is 9.38. The van der Waals surface area contributed by atoms with E-state index in [0.29, 0.717) is 5.41 Å². The van der Waals surface area contributed by atoms with E-state index >= 15 is 0 Å². The predicted octanol–water partition coefficient (Wildman–Crippen LogP) is 4.78. The number of carbonyl (C=O) groups is 1. The molecule has 0 heterocycles. The molecule has 4 fully saturated rings. The second-order valence-corrected chi connectivity index (χ2v) is 8.74. The summed E-state index contributed by atoms with van der Waals surface area (Å²) >= 11 is 0. The van der Waals surface area contributed by atoms with Gasteiger partial charge in [0.25, 0.3) is 0 Å². The summed E-state index contributed by atoms with van der Waals surface area (Å²) in [5, 5.41) is 3.27. The van der Waals surface area contributed by atoms with Crippen LogP contribution in [0.1, 0.15) is 69.0 Å². The van der Waals surface area contributed by atoms with Crippen LogP contribution >= 0.6 is 0 Å². The summed E-state index contributed by atoms with van der Waals surface area (Å²) < 4.78 is 0. The van der Waals surface area contributed by atoms with E-state index in [1.165, 1.54) is 49.7 Å². The van der Waals surface area contributed by atoms with Gasteiger partial charge in [-0.05, 0) is 86.7 Å². The highest BCUT2D eigenvalue weighted by atomic mass is 16.1. The minimum absolute atomic E-state index is 0.109. The summed E-state index contributed by atoms with van der Waals surface area (Å²) in [5.74, 6) is 3.02. The fourth-order valence-corrected chi connectivity index (χ4v) is 6.29. The molecule has 4 saturated carbocycles. The smallest absolute Gasteiger partial charge is 0.221 e. The van der Waals surface area contributed by atoms with Gasteiger partial charge in [-0.1, -0.05) is 24.3 Å². The van der Waals surface area contributed by atoms with Crippen molar-refractivity contribution in [2.45, 2.75) is 64.8 Å². The molecule has 2 nitrogen and oxygen atoms in total. The Bertz CT molecular complexity index is 570. The lowest BCUT2D eigenvalue weighted by Crippen LogP contribution is -2.48. The van der Waals surface area contributed by atoms with Crippen molar-refractivity contribution in [1.82, 2.24) is 5.32 Å². The van der Waals surface area contributed by atoms with Crippen molar-refractivity contribution in [1.29, 1.82) is 0 Å². The largest absolute Gasteiger partial charge is 0.350 e. The maximum absolute atomic E-state index is 12.7. The zero-order valence-electron chi connectivity index (χ0n) is 14.5. The van der Waals surface area contributed by atoms with Gasteiger partial charge in [0, 0.05) is 6.42 Å². The van der Waals surface area contributed by atoms with Crippen molar-refractivity contribution in [3.8, 4) is 0 Å². The second kappa shape index (κ2) is 5.65. The molecule has 1 amide bonds. The highest BCUT2D eigenvalue weighted by Crippen LogP contribution is 2.61. The zero-order valence-corrected chi connectivity index (χ0v) is 14.5. The average Bonchev–Trinajstić information content (AvgIpc) is 2.45. The first-order chi connectivity index (χ1) is 11.0. The van der Waals surface area contributed by atoms with Crippen LogP contribution in [0.2, 0.25) is 0 Å². The second-order valence-electron chi connectivity index (χ2n) is 8.74. The molecule has 0 aliphatic heterocycles. The standard InChI is InChI=1S/C21H29NO/c1-14-5-3-4-6-19(14)15(2)22-20(23)13-21-10-16-7-17(11-21)9-18(8-16)12-21/h3-6,15-18H,7-13H2,1-2H3,(H,22,23). The van der Waals surface area contributed by atoms with E-state index in [4.69, 9.17) is 0 Å². The summed E-state index contributed by atoms with van der Waals surface area (Å²) in [6, 6.07) is 8.48. The molecule has 0 saturated heterocycles. The van der Waals surface area contributed by atoms with Gasteiger partial charge in [-0.2, -0.15) is 0 Å². The van der Waals surface area contributed by atoms with E-state index in [0.717, 1.165) is 24.2 Å². The van der Waals surface area contributed by atoms with E-state index in [2.05, 4.69) is 43.4 Å². The number of nitrogens with one attached hydrogen (secondary N) is 1. The molecule has 2 heteroatoms. The monoisotopic (exact) mass is 311 g/mol. The first kappa shape index (κ1) is 15.2. The molecular weight excluding hydrogens is 282 g/mol. The van der Waals surface area contributed by atoms with E-state index in [-0.39, 0.29) is 11.9 Å². The molecule has 1 aromatic carbocycles. The van der Waals surface area contributed by atoms with Gasteiger partial charge in [0.2, 0.25) is 5.91 Å². The molecule has 4 aliphatic rings. The van der Waals surface area contributed by atoms with Gasteiger partial charge in [0.05, 0.1) is 6.04 Å². The molecule has 23 heavy (non-hydrogen) atoms. The van der Waals surface area contributed by atoms with Crippen LogP contribution in [0.3, 0.4) is 0 Å². The van der Waals surface area contributed by atoms with E-state index < -0.39 is 0 Å². The van der Waals surface area contributed by atoms with Crippen LogP contribution in [-0.4, -0.2) is 5.91 Å². The van der Waals surface area contributed by atoms with Crippen molar-refractivity contribution in [3.63, 3.8) is 0 Å². The lowest BCUT2D eigenvalue weighted by molar-refractivity contribution is -0.130. The Labute approximate surface area is 140 Å². The quantitative estimate of drug-likeness (QED) is 0.852. The van der Waals surface area contributed by atoms with Crippen molar-refractivity contribution >= 4 is 5.91 Å². The highest BCUT2D eigenvalue weighted by Gasteiger charge is 2.51. The summed E-state index contributed by atoms with van der Waals surface area (Å²) in [7, 11) is 0. The molecule has 1 unspecified atom stereocenters. The molecule has 5 rings (SSSR count). The Hall–Kier alpha value is -1.31. The van der Waals surface area contributed by atoms with Gasteiger partial charge in [0.1, 0.15) is 0 Å². The third kappa shape index (κ3) is 2.93.